The van der Waals surface area contributed by atoms with Gasteiger partial charge in [0.25, 0.3) is 5.91 Å². The molecule has 0 bridgehead atoms. The van der Waals surface area contributed by atoms with Crippen LogP contribution in [0, 0.1) is 11.3 Å². The fourth-order valence-corrected chi connectivity index (χ4v) is 4.27. The molecule has 32 heavy (non-hydrogen) atoms. The second-order valence-corrected chi connectivity index (χ2v) is 8.12. The van der Waals surface area contributed by atoms with Gasteiger partial charge >= 0.3 is 0 Å². The molecule has 2 aromatic heterocycles. The summed E-state index contributed by atoms with van der Waals surface area (Å²) in [6.07, 6.45) is -0.0414. The van der Waals surface area contributed by atoms with E-state index in [1.807, 2.05) is 18.7 Å². The molecule has 1 amide bonds. The Labute approximate surface area is 189 Å². The summed E-state index contributed by atoms with van der Waals surface area (Å²) in [6.45, 7) is 4.92. The number of morpholine rings is 1. The monoisotopic (exact) mass is 455 g/mol. The summed E-state index contributed by atoms with van der Waals surface area (Å²) in [4.78, 5) is 19.2. The molecule has 1 saturated heterocycles. The standard InChI is InChI=1S/C22H22ClN5O4/c1-12-9-28(10-13(2)31-12)20-16(11-29)26-18-19(27-32-21(18)17(20)23)22(30)25-8-15-5-3-4-14(6-15)7-24/h3-6,12-13,29H,8-11H2,1-2H3,(H,25,30)/t12-,13+. The summed E-state index contributed by atoms with van der Waals surface area (Å²) < 4.78 is 11.2. The Morgan fingerprint density at radius 2 is 2.12 bits per heavy atom. The molecule has 10 heteroatoms. The lowest BCUT2D eigenvalue weighted by Gasteiger charge is -2.37. The first kappa shape index (κ1) is 22.0. The van der Waals surface area contributed by atoms with Gasteiger partial charge in [0.1, 0.15) is 10.5 Å². The van der Waals surface area contributed by atoms with Crippen LogP contribution < -0.4 is 10.2 Å². The number of anilines is 1. The molecule has 0 spiro atoms. The average molecular weight is 456 g/mol. The number of aliphatic hydroxyl groups is 1. The topological polar surface area (TPSA) is 125 Å². The largest absolute Gasteiger partial charge is 0.390 e. The molecule has 2 atom stereocenters. The zero-order valence-electron chi connectivity index (χ0n) is 17.6. The van der Waals surface area contributed by atoms with E-state index in [-0.39, 0.29) is 47.2 Å². The minimum absolute atomic E-state index is 0.0207. The number of ether oxygens (including phenoxy) is 1. The van der Waals surface area contributed by atoms with Crippen molar-refractivity contribution in [2.24, 2.45) is 0 Å². The van der Waals surface area contributed by atoms with Crippen molar-refractivity contribution < 1.29 is 19.2 Å². The van der Waals surface area contributed by atoms with Crippen LogP contribution in [0.3, 0.4) is 0 Å². The Morgan fingerprint density at radius 1 is 1.38 bits per heavy atom. The van der Waals surface area contributed by atoms with Crippen LogP contribution in [0.15, 0.2) is 28.8 Å². The van der Waals surface area contributed by atoms with Gasteiger partial charge in [-0.05, 0) is 31.5 Å². The molecular formula is C22H22ClN5O4. The molecule has 0 saturated carbocycles. The highest BCUT2D eigenvalue weighted by atomic mass is 35.5. The highest BCUT2D eigenvalue weighted by molar-refractivity contribution is 6.37. The number of nitrogens with zero attached hydrogens (tertiary/aromatic N) is 4. The average Bonchev–Trinajstić information content (AvgIpc) is 3.21. The third kappa shape index (κ3) is 4.25. The maximum absolute atomic E-state index is 12.8. The third-order valence-corrected chi connectivity index (χ3v) is 5.56. The summed E-state index contributed by atoms with van der Waals surface area (Å²) in [6, 6.07) is 8.99. The van der Waals surface area contributed by atoms with Crippen molar-refractivity contribution in [3.05, 3.63) is 51.8 Å². The minimum Gasteiger partial charge on any atom is -0.390 e. The van der Waals surface area contributed by atoms with Crippen LogP contribution in [-0.2, 0) is 17.9 Å². The smallest absolute Gasteiger partial charge is 0.276 e. The molecule has 9 nitrogen and oxygen atoms in total. The number of benzene rings is 1. The fourth-order valence-electron chi connectivity index (χ4n) is 3.91. The molecule has 1 aliphatic rings. The second-order valence-electron chi connectivity index (χ2n) is 7.75. The van der Waals surface area contributed by atoms with Gasteiger partial charge in [-0.3, -0.25) is 4.79 Å². The van der Waals surface area contributed by atoms with Gasteiger partial charge in [0.2, 0.25) is 5.58 Å². The molecular weight excluding hydrogens is 434 g/mol. The first-order valence-electron chi connectivity index (χ1n) is 10.2. The molecule has 1 aromatic carbocycles. The van der Waals surface area contributed by atoms with Crippen LogP contribution in [0.2, 0.25) is 5.02 Å². The van der Waals surface area contributed by atoms with Gasteiger partial charge in [-0.2, -0.15) is 5.26 Å². The number of halogens is 1. The molecule has 1 fully saturated rings. The predicted octanol–water partition coefficient (Wildman–Crippen LogP) is 2.78. The van der Waals surface area contributed by atoms with Crippen molar-refractivity contribution in [3.8, 4) is 6.07 Å². The number of carbonyl (C=O) groups is 1. The van der Waals surface area contributed by atoms with Crippen molar-refractivity contribution in [1.82, 2.24) is 15.5 Å². The van der Waals surface area contributed by atoms with Crippen LogP contribution in [0.1, 0.15) is 41.2 Å². The van der Waals surface area contributed by atoms with E-state index >= 15 is 0 Å². The number of amides is 1. The Kier molecular flexibility index (Phi) is 6.28. The number of pyridine rings is 1. The lowest BCUT2D eigenvalue weighted by molar-refractivity contribution is -0.00533. The summed E-state index contributed by atoms with van der Waals surface area (Å²) in [5.41, 5.74) is 2.50. The summed E-state index contributed by atoms with van der Waals surface area (Å²) in [5, 5.41) is 25.9. The van der Waals surface area contributed by atoms with Gasteiger partial charge in [-0.1, -0.05) is 28.9 Å². The Bertz CT molecular complexity index is 1190. The van der Waals surface area contributed by atoms with Gasteiger partial charge in [-0.15, -0.1) is 0 Å². The number of hydrogen-bond donors (Lipinski definition) is 2. The van der Waals surface area contributed by atoms with E-state index in [1.165, 1.54) is 0 Å². The Balaban J connectivity index is 1.63. The van der Waals surface area contributed by atoms with E-state index in [2.05, 4.69) is 21.5 Å². The van der Waals surface area contributed by atoms with Crippen LogP contribution in [-0.4, -0.2) is 46.5 Å². The number of carbonyl (C=O) groups excluding carboxylic acids is 1. The van der Waals surface area contributed by atoms with Crippen LogP contribution >= 0.6 is 11.6 Å². The maximum atomic E-state index is 12.8. The van der Waals surface area contributed by atoms with Crippen LogP contribution in [0.5, 0.6) is 0 Å². The number of hydrogen-bond acceptors (Lipinski definition) is 8. The normalized spacial score (nSPS) is 18.5. The Morgan fingerprint density at radius 3 is 2.81 bits per heavy atom. The van der Waals surface area contributed by atoms with Crippen molar-refractivity contribution in [2.75, 3.05) is 18.0 Å². The SMILES string of the molecule is C[C@@H]1CN(c2c(CO)nc3c(C(=O)NCc4cccc(C#N)c4)noc3c2Cl)C[C@H](C)O1. The Hall–Kier alpha value is -3.19. The number of aliphatic hydroxyl groups excluding tert-OH is 1. The molecule has 2 N–H and O–H groups in total. The number of aromatic nitrogens is 2. The highest BCUT2D eigenvalue weighted by Gasteiger charge is 2.30. The van der Waals surface area contributed by atoms with Crippen molar-refractivity contribution in [1.29, 1.82) is 5.26 Å². The van der Waals surface area contributed by atoms with Gasteiger partial charge in [0, 0.05) is 19.6 Å². The number of nitrogens with one attached hydrogen (secondary N) is 1. The number of nitriles is 1. The first-order valence-corrected chi connectivity index (χ1v) is 10.5. The first-order chi connectivity index (χ1) is 15.4. The predicted molar refractivity (Wildman–Crippen MR) is 117 cm³/mol. The van der Waals surface area contributed by atoms with E-state index in [9.17, 15) is 9.90 Å². The zero-order valence-corrected chi connectivity index (χ0v) is 18.4. The van der Waals surface area contributed by atoms with E-state index in [0.717, 1.165) is 5.56 Å². The van der Waals surface area contributed by atoms with Gasteiger partial charge < -0.3 is 24.6 Å². The van der Waals surface area contributed by atoms with Crippen molar-refractivity contribution in [3.63, 3.8) is 0 Å². The lowest BCUT2D eigenvalue weighted by Crippen LogP contribution is -2.46. The van der Waals surface area contributed by atoms with E-state index in [4.69, 9.17) is 26.1 Å². The van der Waals surface area contributed by atoms with E-state index in [1.54, 1.807) is 24.3 Å². The van der Waals surface area contributed by atoms with E-state index in [0.29, 0.717) is 30.0 Å². The third-order valence-electron chi connectivity index (χ3n) is 5.20. The molecule has 0 aliphatic carbocycles. The van der Waals surface area contributed by atoms with Crippen molar-refractivity contribution in [2.45, 2.75) is 39.2 Å². The minimum atomic E-state index is -0.500. The molecule has 0 unspecified atom stereocenters. The summed E-state index contributed by atoms with van der Waals surface area (Å²) >= 11 is 6.65. The maximum Gasteiger partial charge on any atom is 0.276 e. The van der Waals surface area contributed by atoms with Gasteiger partial charge in [0.05, 0.1) is 41.8 Å². The molecule has 3 aromatic rings. The number of fused-ring (bicyclic) bond motifs is 1. The quantitative estimate of drug-likeness (QED) is 0.601. The van der Waals surface area contributed by atoms with Gasteiger partial charge in [-0.25, -0.2) is 4.98 Å². The van der Waals surface area contributed by atoms with Crippen LogP contribution in [0.4, 0.5) is 5.69 Å². The zero-order chi connectivity index (χ0) is 22.8. The highest BCUT2D eigenvalue weighted by Crippen LogP contribution is 2.37. The van der Waals surface area contributed by atoms with Gasteiger partial charge in [0.15, 0.2) is 5.69 Å². The summed E-state index contributed by atoms with van der Waals surface area (Å²) in [7, 11) is 0. The summed E-state index contributed by atoms with van der Waals surface area (Å²) in [5.74, 6) is -0.500. The second kappa shape index (κ2) is 9.12. The molecule has 3 heterocycles. The van der Waals surface area contributed by atoms with Crippen molar-refractivity contribution >= 4 is 34.3 Å². The molecule has 1 aliphatic heterocycles. The fraction of sp³-hybridized carbons (Fsp3) is 0.364. The molecule has 166 valence electrons. The van der Waals surface area contributed by atoms with E-state index < -0.39 is 5.91 Å². The number of rotatable bonds is 5. The van der Waals surface area contributed by atoms with Crippen LogP contribution in [0.25, 0.3) is 11.1 Å². The molecule has 0 radical (unpaired) electrons. The molecule has 4 rings (SSSR count). The lowest BCUT2D eigenvalue weighted by atomic mass is 10.1.